The fourth-order valence-corrected chi connectivity index (χ4v) is 1.75. The van der Waals surface area contributed by atoms with E-state index in [4.69, 9.17) is 21.4 Å². The van der Waals surface area contributed by atoms with Crippen molar-refractivity contribution in [2.45, 2.75) is 0 Å². The van der Waals surface area contributed by atoms with Crippen molar-refractivity contribution in [1.29, 1.82) is 0 Å². The van der Waals surface area contributed by atoms with Crippen LogP contribution in [0.1, 0.15) is 10.4 Å². The van der Waals surface area contributed by atoms with E-state index in [9.17, 15) is 4.79 Å². The first-order chi connectivity index (χ1) is 9.02. The van der Waals surface area contributed by atoms with Crippen LogP contribution in [0.4, 0.5) is 5.69 Å². The molecule has 106 valence electrons. The Morgan fingerprint density at radius 3 is 2.79 bits per heavy atom. The number of rotatable bonds is 8. The Morgan fingerprint density at radius 1 is 1.42 bits per heavy atom. The van der Waals surface area contributed by atoms with Crippen LogP contribution >= 0.6 is 11.6 Å². The molecule has 0 heterocycles. The summed E-state index contributed by atoms with van der Waals surface area (Å²) in [6, 6.07) is 4.96. The molecule has 0 radical (unpaired) electrons. The highest BCUT2D eigenvalue weighted by Gasteiger charge is 2.13. The first kappa shape index (κ1) is 15.8. The quantitative estimate of drug-likeness (QED) is 0.716. The molecule has 0 saturated heterocycles. The summed E-state index contributed by atoms with van der Waals surface area (Å²) in [7, 11) is 3.96. The molecule has 0 unspecified atom stereocenters. The number of ether oxygens (including phenoxy) is 1. The normalized spacial score (nSPS) is 10.7. The number of hydrogen-bond donors (Lipinski definition) is 2. The third kappa shape index (κ3) is 5.46. The van der Waals surface area contributed by atoms with Gasteiger partial charge in [-0.15, -0.1) is 0 Å². The Bertz CT molecular complexity index is 424. The number of hydrogen-bond acceptors (Lipinski definition) is 4. The highest BCUT2D eigenvalue weighted by atomic mass is 35.5. The van der Waals surface area contributed by atoms with E-state index in [0.717, 1.165) is 6.54 Å². The van der Waals surface area contributed by atoms with Gasteiger partial charge in [0, 0.05) is 13.1 Å². The molecule has 0 aliphatic heterocycles. The number of anilines is 1. The molecule has 0 aliphatic carbocycles. The van der Waals surface area contributed by atoms with Crippen molar-refractivity contribution >= 4 is 23.3 Å². The monoisotopic (exact) mass is 286 g/mol. The van der Waals surface area contributed by atoms with E-state index < -0.39 is 5.97 Å². The third-order valence-corrected chi connectivity index (χ3v) is 2.79. The lowest BCUT2D eigenvalue weighted by Crippen LogP contribution is -2.20. The lowest BCUT2D eigenvalue weighted by molar-refractivity contribution is 0.0698. The Hall–Kier alpha value is -1.30. The van der Waals surface area contributed by atoms with Crippen LogP contribution < -0.4 is 5.32 Å². The minimum Gasteiger partial charge on any atom is -0.478 e. The molecule has 0 spiro atoms. The van der Waals surface area contributed by atoms with Gasteiger partial charge in [-0.05, 0) is 26.2 Å². The van der Waals surface area contributed by atoms with E-state index in [0.29, 0.717) is 25.4 Å². The highest BCUT2D eigenvalue weighted by Crippen LogP contribution is 2.23. The number of nitrogens with zero attached hydrogens (tertiary/aromatic N) is 1. The maximum absolute atomic E-state index is 11.1. The molecule has 2 N–H and O–H groups in total. The molecule has 1 aromatic rings. The number of benzene rings is 1. The van der Waals surface area contributed by atoms with Crippen LogP contribution in [0.15, 0.2) is 18.2 Å². The standard InChI is InChI=1S/C13H19ClN2O3/c1-16(2)7-9-19-8-6-15-11-5-3-4-10(14)12(11)13(17)18/h3-5,15H,6-9H2,1-2H3,(H,17,18). The molecule has 5 nitrogen and oxygen atoms in total. The van der Waals surface area contributed by atoms with Gasteiger partial charge < -0.3 is 20.1 Å². The number of nitrogens with one attached hydrogen (secondary N) is 1. The van der Waals surface area contributed by atoms with Crippen LogP contribution in [-0.2, 0) is 4.74 Å². The topological polar surface area (TPSA) is 61.8 Å². The second kappa shape index (κ2) is 7.99. The third-order valence-electron chi connectivity index (χ3n) is 2.47. The van der Waals surface area contributed by atoms with Crippen molar-refractivity contribution in [3.63, 3.8) is 0 Å². The number of carboxylic acid groups (broad SMARTS) is 1. The van der Waals surface area contributed by atoms with Crippen molar-refractivity contribution in [1.82, 2.24) is 4.90 Å². The van der Waals surface area contributed by atoms with Crippen molar-refractivity contribution in [3.05, 3.63) is 28.8 Å². The van der Waals surface area contributed by atoms with Gasteiger partial charge in [-0.3, -0.25) is 0 Å². The zero-order valence-electron chi connectivity index (χ0n) is 11.1. The van der Waals surface area contributed by atoms with Gasteiger partial charge in [-0.2, -0.15) is 0 Å². The molecule has 0 amide bonds. The van der Waals surface area contributed by atoms with Crippen LogP contribution in [0.25, 0.3) is 0 Å². The van der Waals surface area contributed by atoms with Gasteiger partial charge in [0.05, 0.1) is 23.9 Å². The molecule has 6 heteroatoms. The van der Waals surface area contributed by atoms with Crippen LogP contribution in [0.3, 0.4) is 0 Å². The summed E-state index contributed by atoms with van der Waals surface area (Å²) < 4.78 is 5.41. The first-order valence-corrected chi connectivity index (χ1v) is 6.38. The van der Waals surface area contributed by atoms with Crippen LogP contribution in [0, 0.1) is 0 Å². The number of carboxylic acids is 1. The number of aromatic carboxylic acids is 1. The Morgan fingerprint density at radius 2 is 2.16 bits per heavy atom. The molecular weight excluding hydrogens is 268 g/mol. The second-order valence-electron chi connectivity index (χ2n) is 4.31. The molecule has 0 atom stereocenters. The maximum Gasteiger partial charge on any atom is 0.339 e. The van der Waals surface area contributed by atoms with Crippen molar-refractivity contribution in [2.75, 3.05) is 45.7 Å². The van der Waals surface area contributed by atoms with E-state index in [1.807, 2.05) is 19.0 Å². The summed E-state index contributed by atoms with van der Waals surface area (Å²) in [5, 5.41) is 12.3. The van der Waals surface area contributed by atoms with Gasteiger partial charge in [0.1, 0.15) is 5.56 Å². The first-order valence-electron chi connectivity index (χ1n) is 6.00. The van der Waals surface area contributed by atoms with Crippen molar-refractivity contribution < 1.29 is 14.6 Å². The van der Waals surface area contributed by atoms with Crippen LogP contribution in [0.5, 0.6) is 0 Å². The van der Waals surface area contributed by atoms with Gasteiger partial charge in [0.25, 0.3) is 0 Å². The predicted octanol–water partition coefficient (Wildman–Crippen LogP) is 2.03. The summed E-state index contributed by atoms with van der Waals surface area (Å²) >= 11 is 5.86. The summed E-state index contributed by atoms with van der Waals surface area (Å²) in [5.74, 6) is -1.04. The molecule has 1 rings (SSSR count). The molecule has 0 fully saturated rings. The van der Waals surface area contributed by atoms with Gasteiger partial charge in [-0.1, -0.05) is 17.7 Å². The smallest absolute Gasteiger partial charge is 0.339 e. The minimum atomic E-state index is -1.04. The van der Waals surface area contributed by atoms with Gasteiger partial charge >= 0.3 is 5.97 Å². The summed E-state index contributed by atoms with van der Waals surface area (Å²) in [6.45, 7) is 2.56. The number of carbonyl (C=O) groups is 1. The molecule has 0 saturated carbocycles. The summed E-state index contributed by atoms with van der Waals surface area (Å²) in [6.07, 6.45) is 0. The van der Waals surface area contributed by atoms with E-state index in [-0.39, 0.29) is 10.6 Å². The largest absolute Gasteiger partial charge is 0.478 e. The minimum absolute atomic E-state index is 0.0949. The van der Waals surface area contributed by atoms with E-state index in [2.05, 4.69) is 5.32 Å². The fraction of sp³-hybridized carbons (Fsp3) is 0.462. The van der Waals surface area contributed by atoms with Crippen LogP contribution in [0.2, 0.25) is 5.02 Å². The molecule has 0 aromatic heterocycles. The van der Waals surface area contributed by atoms with Gasteiger partial charge in [0.15, 0.2) is 0 Å². The van der Waals surface area contributed by atoms with E-state index >= 15 is 0 Å². The Balaban J connectivity index is 2.41. The summed E-state index contributed by atoms with van der Waals surface area (Å²) in [4.78, 5) is 13.1. The molecule has 0 bridgehead atoms. The lowest BCUT2D eigenvalue weighted by atomic mass is 10.2. The SMILES string of the molecule is CN(C)CCOCCNc1cccc(Cl)c1C(=O)O. The molecular formula is C13H19ClN2O3. The van der Waals surface area contributed by atoms with E-state index in [1.54, 1.807) is 18.2 Å². The maximum atomic E-state index is 11.1. The van der Waals surface area contributed by atoms with E-state index in [1.165, 1.54) is 0 Å². The number of likely N-dealkylation sites (N-methyl/N-ethyl adjacent to an activating group) is 1. The average Bonchev–Trinajstić information content (AvgIpc) is 2.32. The Labute approximate surface area is 118 Å². The van der Waals surface area contributed by atoms with Crippen molar-refractivity contribution in [2.24, 2.45) is 0 Å². The number of halogens is 1. The fourth-order valence-electron chi connectivity index (χ4n) is 1.50. The van der Waals surface area contributed by atoms with Crippen LogP contribution in [-0.4, -0.2) is 56.4 Å². The lowest BCUT2D eigenvalue weighted by Gasteiger charge is -2.12. The predicted molar refractivity (Wildman–Crippen MR) is 76.3 cm³/mol. The molecule has 19 heavy (non-hydrogen) atoms. The highest BCUT2D eigenvalue weighted by molar-refractivity contribution is 6.34. The zero-order valence-corrected chi connectivity index (χ0v) is 11.9. The summed E-state index contributed by atoms with van der Waals surface area (Å²) in [5.41, 5.74) is 0.605. The van der Waals surface area contributed by atoms with Crippen molar-refractivity contribution in [3.8, 4) is 0 Å². The van der Waals surface area contributed by atoms with Gasteiger partial charge in [0.2, 0.25) is 0 Å². The van der Waals surface area contributed by atoms with Gasteiger partial charge in [-0.25, -0.2) is 4.79 Å². The molecule has 0 aliphatic rings. The Kier molecular flexibility index (Phi) is 6.62. The second-order valence-corrected chi connectivity index (χ2v) is 4.72. The zero-order chi connectivity index (χ0) is 14.3. The average molecular weight is 287 g/mol. The molecule has 1 aromatic carbocycles.